The zero-order valence-corrected chi connectivity index (χ0v) is 15.8. The zero-order valence-electron chi connectivity index (χ0n) is 15.8. The molecule has 29 heavy (non-hydrogen) atoms. The first kappa shape index (κ1) is 17.8. The molecule has 0 amide bonds. The van der Waals surface area contributed by atoms with E-state index in [4.69, 9.17) is 5.73 Å². The summed E-state index contributed by atoms with van der Waals surface area (Å²) < 4.78 is 14.0. The lowest BCUT2D eigenvalue weighted by Gasteiger charge is -2.22. The second-order valence-corrected chi connectivity index (χ2v) is 7.41. The number of rotatable bonds is 3. The van der Waals surface area contributed by atoms with Crippen molar-refractivity contribution < 1.29 is 4.39 Å². The van der Waals surface area contributed by atoms with Gasteiger partial charge in [0.25, 0.3) is 0 Å². The molecule has 0 aliphatic carbocycles. The first-order valence-corrected chi connectivity index (χ1v) is 9.75. The van der Waals surface area contributed by atoms with Gasteiger partial charge in [0.05, 0.1) is 11.9 Å². The van der Waals surface area contributed by atoms with E-state index in [0.717, 1.165) is 53.7 Å². The van der Waals surface area contributed by atoms with Gasteiger partial charge < -0.3 is 11.1 Å². The topological polar surface area (TPSA) is 92.5 Å². The van der Waals surface area contributed by atoms with E-state index in [9.17, 15) is 4.39 Å². The fourth-order valence-electron chi connectivity index (χ4n) is 4.06. The van der Waals surface area contributed by atoms with E-state index in [1.165, 1.54) is 6.07 Å². The summed E-state index contributed by atoms with van der Waals surface area (Å²) in [6.07, 6.45) is 7.31. The monoisotopic (exact) mass is 388 g/mol. The molecule has 1 fully saturated rings. The molecule has 1 saturated heterocycles. The third-order valence-electron chi connectivity index (χ3n) is 5.63. The minimum atomic E-state index is -0.286. The quantitative estimate of drug-likeness (QED) is 0.495. The highest BCUT2D eigenvalue weighted by Crippen LogP contribution is 2.35. The Labute approximate surface area is 167 Å². The molecular formula is C22H21FN6. The molecule has 4 aromatic rings. The van der Waals surface area contributed by atoms with E-state index < -0.39 is 0 Å². The molecule has 0 saturated carbocycles. The predicted molar refractivity (Wildman–Crippen MR) is 112 cm³/mol. The van der Waals surface area contributed by atoms with Gasteiger partial charge in [0, 0.05) is 46.1 Å². The number of nitrogen functional groups attached to an aromatic ring is 1. The number of benzene rings is 1. The summed E-state index contributed by atoms with van der Waals surface area (Å²) in [6.45, 7) is 2.01. The van der Waals surface area contributed by atoms with Crippen LogP contribution < -0.4 is 11.1 Å². The molecule has 0 atom stereocenters. The first-order chi connectivity index (χ1) is 14.2. The number of H-pyrrole nitrogens is 1. The number of aromatic nitrogens is 4. The molecule has 1 aromatic carbocycles. The number of nitrogens with zero attached hydrogens (tertiary/aromatic N) is 3. The number of anilines is 1. The van der Waals surface area contributed by atoms with Crippen molar-refractivity contribution in [1.82, 2.24) is 25.5 Å². The van der Waals surface area contributed by atoms with Crippen molar-refractivity contribution in [3.8, 4) is 22.4 Å². The number of pyridine rings is 2. The summed E-state index contributed by atoms with van der Waals surface area (Å²) in [4.78, 5) is 8.85. The van der Waals surface area contributed by atoms with Gasteiger partial charge in [-0.3, -0.25) is 10.1 Å². The van der Waals surface area contributed by atoms with Crippen LogP contribution >= 0.6 is 0 Å². The number of aromatic amines is 1. The van der Waals surface area contributed by atoms with E-state index in [-0.39, 0.29) is 5.82 Å². The molecule has 1 aliphatic heterocycles. The van der Waals surface area contributed by atoms with Crippen molar-refractivity contribution in [1.29, 1.82) is 0 Å². The van der Waals surface area contributed by atoms with E-state index in [0.29, 0.717) is 22.8 Å². The van der Waals surface area contributed by atoms with Crippen LogP contribution in [0.25, 0.3) is 33.2 Å². The van der Waals surface area contributed by atoms with Crippen LogP contribution in [-0.2, 0) is 0 Å². The number of hydrogen-bond donors (Lipinski definition) is 3. The zero-order chi connectivity index (χ0) is 19.8. The molecule has 5 rings (SSSR count). The number of halogens is 1. The Morgan fingerprint density at radius 2 is 1.86 bits per heavy atom. The molecule has 6 nitrogen and oxygen atoms in total. The molecular weight excluding hydrogens is 367 g/mol. The number of hydrogen-bond acceptors (Lipinski definition) is 5. The van der Waals surface area contributed by atoms with E-state index >= 15 is 0 Å². The number of fused-ring (bicyclic) bond motifs is 1. The van der Waals surface area contributed by atoms with Gasteiger partial charge in [-0.1, -0.05) is 12.1 Å². The lowest BCUT2D eigenvalue weighted by Crippen LogP contribution is -2.27. The normalized spacial score (nSPS) is 15.1. The lowest BCUT2D eigenvalue weighted by molar-refractivity contribution is 0.453. The summed E-state index contributed by atoms with van der Waals surface area (Å²) in [5, 5.41) is 12.1. The summed E-state index contributed by atoms with van der Waals surface area (Å²) >= 11 is 0. The SMILES string of the molecule is Nc1ncc(-c2cn[nH]c2C2CCNCC2)cc1-c1cc2cccc(F)c2cn1. The lowest BCUT2D eigenvalue weighted by atomic mass is 9.90. The van der Waals surface area contributed by atoms with Gasteiger partial charge in [-0.05, 0) is 49.5 Å². The predicted octanol–water partition coefficient (Wildman–Crippen LogP) is 3.88. The maximum atomic E-state index is 14.0. The number of nitrogens with two attached hydrogens (primary N) is 1. The molecule has 4 N–H and O–H groups in total. The average molecular weight is 388 g/mol. The Kier molecular flexibility index (Phi) is 4.44. The summed E-state index contributed by atoms with van der Waals surface area (Å²) in [5.74, 6) is 0.548. The highest BCUT2D eigenvalue weighted by atomic mass is 19.1. The van der Waals surface area contributed by atoms with Crippen LogP contribution in [0.4, 0.5) is 10.2 Å². The van der Waals surface area contributed by atoms with Crippen LogP contribution in [0.15, 0.2) is 48.9 Å². The van der Waals surface area contributed by atoms with Crippen LogP contribution in [0.5, 0.6) is 0 Å². The molecule has 3 aromatic heterocycles. The van der Waals surface area contributed by atoms with Crippen LogP contribution in [-0.4, -0.2) is 33.3 Å². The van der Waals surface area contributed by atoms with Gasteiger partial charge in [-0.25, -0.2) is 9.37 Å². The van der Waals surface area contributed by atoms with Gasteiger partial charge in [-0.15, -0.1) is 0 Å². The molecule has 0 unspecified atom stereocenters. The van der Waals surface area contributed by atoms with Crippen LogP contribution in [0.3, 0.4) is 0 Å². The Bertz CT molecular complexity index is 1180. The fourth-order valence-corrected chi connectivity index (χ4v) is 4.06. The molecule has 7 heteroatoms. The Hall–Kier alpha value is -3.32. The Morgan fingerprint density at radius 3 is 2.72 bits per heavy atom. The second kappa shape index (κ2) is 7.25. The molecule has 0 radical (unpaired) electrons. The standard InChI is InChI=1S/C22H21FN6/c23-19-3-1-2-14-9-20(26-11-17(14)19)16-8-15(10-27-22(16)24)18-12-28-29-21(18)13-4-6-25-7-5-13/h1-3,8-13,25H,4-7H2,(H2,24,27)(H,28,29). The fraction of sp³-hybridized carbons (Fsp3) is 0.227. The highest BCUT2D eigenvalue weighted by Gasteiger charge is 2.21. The van der Waals surface area contributed by atoms with E-state index in [1.807, 2.05) is 24.4 Å². The van der Waals surface area contributed by atoms with Gasteiger partial charge >= 0.3 is 0 Å². The minimum absolute atomic E-state index is 0.286. The van der Waals surface area contributed by atoms with Crippen LogP contribution in [0, 0.1) is 5.82 Å². The second-order valence-electron chi connectivity index (χ2n) is 7.41. The highest BCUT2D eigenvalue weighted by molar-refractivity contribution is 5.88. The van der Waals surface area contributed by atoms with Gasteiger partial charge in [0.1, 0.15) is 11.6 Å². The van der Waals surface area contributed by atoms with Crippen molar-refractivity contribution in [2.24, 2.45) is 0 Å². The Morgan fingerprint density at radius 1 is 1.00 bits per heavy atom. The maximum Gasteiger partial charge on any atom is 0.132 e. The van der Waals surface area contributed by atoms with E-state index in [1.54, 1.807) is 18.5 Å². The third kappa shape index (κ3) is 3.23. The minimum Gasteiger partial charge on any atom is -0.383 e. The van der Waals surface area contributed by atoms with Crippen molar-refractivity contribution >= 4 is 16.6 Å². The average Bonchev–Trinajstić information content (AvgIpc) is 3.25. The molecule has 1 aliphatic rings. The Balaban J connectivity index is 1.58. The van der Waals surface area contributed by atoms with Crippen molar-refractivity contribution in [2.75, 3.05) is 18.8 Å². The largest absolute Gasteiger partial charge is 0.383 e. The third-order valence-corrected chi connectivity index (χ3v) is 5.63. The van der Waals surface area contributed by atoms with Gasteiger partial charge in [0.15, 0.2) is 0 Å². The molecule has 0 spiro atoms. The maximum absolute atomic E-state index is 14.0. The van der Waals surface area contributed by atoms with E-state index in [2.05, 4.69) is 25.5 Å². The van der Waals surface area contributed by atoms with Crippen molar-refractivity contribution in [2.45, 2.75) is 18.8 Å². The summed E-state index contributed by atoms with van der Waals surface area (Å²) in [7, 11) is 0. The van der Waals surface area contributed by atoms with Crippen LogP contribution in [0.2, 0.25) is 0 Å². The van der Waals surface area contributed by atoms with Gasteiger partial charge in [0.2, 0.25) is 0 Å². The molecule has 146 valence electrons. The summed E-state index contributed by atoms with van der Waals surface area (Å²) in [6, 6.07) is 8.82. The summed E-state index contributed by atoms with van der Waals surface area (Å²) in [5.41, 5.74) is 10.7. The molecule has 0 bridgehead atoms. The number of piperidine rings is 1. The number of nitrogens with one attached hydrogen (secondary N) is 2. The van der Waals surface area contributed by atoms with Gasteiger partial charge in [-0.2, -0.15) is 5.10 Å². The van der Waals surface area contributed by atoms with Crippen molar-refractivity contribution in [3.05, 3.63) is 60.4 Å². The first-order valence-electron chi connectivity index (χ1n) is 9.75. The molecule has 4 heterocycles. The van der Waals surface area contributed by atoms with Crippen molar-refractivity contribution in [3.63, 3.8) is 0 Å². The van der Waals surface area contributed by atoms with Crippen LogP contribution in [0.1, 0.15) is 24.5 Å². The smallest absolute Gasteiger partial charge is 0.132 e.